The van der Waals surface area contributed by atoms with Crippen LogP contribution < -0.4 is 5.73 Å². The van der Waals surface area contributed by atoms with Crippen molar-refractivity contribution in [3.05, 3.63) is 51.3 Å². The molecule has 3 nitrogen and oxygen atoms in total. The summed E-state index contributed by atoms with van der Waals surface area (Å²) in [6, 6.07) is 8.81. The van der Waals surface area contributed by atoms with Gasteiger partial charge in [-0.05, 0) is 55.1 Å². The Morgan fingerprint density at radius 3 is 2.76 bits per heavy atom. The van der Waals surface area contributed by atoms with E-state index in [0.717, 1.165) is 36.0 Å². The molecule has 2 rings (SSSR count). The predicted molar refractivity (Wildman–Crippen MR) is 91.5 cm³/mol. The summed E-state index contributed by atoms with van der Waals surface area (Å²) in [6.07, 6.45) is 2.88. The van der Waals surface area contributed by atoms with Crippen molar-refractivity contribution in [1.82, 2.24) is 9.78 Å². The Balaban J connectivity index is 1.97. The third-order valence-corrected chi connectivity index (χ3v) is 4.83. The number of hydrogen-bond acceptors (Lipinski definition) is 2. The molecule has 2 aromatic rings. The molecule has 0 saturated carbocycles. The summed E-state index contributed by atoms with van der Waals surface area (Å²) in [6.45, 7) is 7.15. The van der Waals surface area contributed by atoms with E-state index in [9.17, 15) is 0 Å². The number of hydrogen-bond donors (Lipinski definition) is 1. The molecule has 0 spiro atoms. The standard InChI is InChI=1S/C17H24BrN3/c1-4-21-16(17(18)13(3)20-21)11-15(19)9-8-14-7-5-6-12(2)10-14/h5-7,10,15H,4,8-9,11,19H2,1-3H3. The van der Waals surface area contributed by atoms with Gasteiger partial charge in [0.05, 0.1) is 15.9 Å². The Morgan fingerprint density at radius 1 is 1.33 bits per heavy atom. The molecule has 0 amide bonds. The lowest BCUT2D eigenvalue weighted by Gasteiger charge is -2.13. The summed E-state index contributed by atoms with van der Waals surface area (Å²) < 4.78 is 3.15. The van der Waals surface area contributed by atoms with Gasteiger partial charge in [-0.3, -0.25) is 4.68 Å². The fourth-order valence-corrected chi connectivity index (χ4v) is 3.08. The largest absolute Gasteiger partial charge is 0.327 e. The molecule has 21 heavy (non-hydrogen) atoms. The van der Waals surface area contributed by atoms with Gasteiger partial charge in [-0.2, -0.15) is 5.10 Å². The topological polar surface area (TPSA) is 43.8 Å². The average Bonchev–Trinajstić information content (AvgIpc) is 2.73. The van der Waals surface area contributed by atoms with Crippen molar-refractivity contribution in [3.63, 3.8) is 0 Å². The van der Waals surface area contributed by atoms with E-state index in [1.807, 2.05) is 11.6 Å². The van der Waals surface area contributed by atoms with Crippen molar-refractivity contribution in [1.29, 1.82) is 0 Å². The van der Waals surface area contributed by atoms with Crippen molar-refractivity contribution >= 4 is 15.9 Å². The molecule has 114 valence electrons. The van der Waals surface area contributed by atoms with Crippen LogP contribution in [0.4, 0.5) is 0 Å². The van der Waals surface area contributed by atoms with Gasteiger partial charge in [0.1, 0.15) is 0 Å². The van der Waals surface area contributed by atoms with Gasteiger partial charge >= 0.3 is 0 Å². The molecule has 0 aliphatic carbocycles. The van der Waals surface area contributed by atoms with E-state index in [0.29, 0.717) is 0 Å². The summed E-state index contributed by atoms with van der Waals surface area (Å²) in [4.78, 5) is 0. The minimum Gasteiger partial charge on any atom is -0.327 e. The molecule has 0 bridgehead atoms. The van der Waals surface area contributed by atoms with Crippen LogP contribution in [0.3, 0.4) is 0 Å². The van der Waals surface area contributed by atoms with Gasteiger partial charge in [0, 0.05) is 19.0 Å². The Kier molecular flexibility index (Phi) is 5.59. The minimum atomic E-state index is 0.156. The van der Waals surface area contributed by atoms with E-state index in [-0.39, 0.29) is 6.04 Å². The van der Waals surface area contributed by atoms with Gasteiger partial charge in [0.15, 0.2) is 0 Å². The smallest absolute Gasteiger partial charge is 0.0738 e. The number of aryl methyl sites for hydroxylation is 4. The lowest BCUT2D eigenvalue weighted by Crippen LogP contribution is -2.25. The van der Waals surface area contributed by atoms with Gasteiger partial charge in [-0.15, -0.1) is 0 Å². The van der Waals surface area contributed by atoms with Gasteiger partial charge in [0.2, 0.25) is 0 Å². The third-order valence-electron chi connectivity index (χ3n) is 3.79. The lowest BCUT2D eigenvalue weighted by molar-refractivity contribution is 0.553. The fraction of sp³-hybridized carbons (Fsp3) is 0.471. The number of nitrogens with two attached hydrogens (primary N) is 1. The fourth-order valence-electron chi connectivity index (χ4n) is 2.63. The number of benzene rings is 1. The zero-order chi connectivity index (χ0) is 15.4. The van der Waals surface area contributed by atoms with E-state index < -0.39 is 0 Å². The molecule has 4 heteroatoms. The Bertz CT molecular complexity index is 604. The molecule has 0 saturated heterocycles. The molecular formula is C17H24BrN3. The number of rotatable bonds is 6. The maximum absolute atomic E-state index is 6.33. The van der Waals surface area contributed by atoms with Crippen LogP contribution >= 0.6 is 15.9 Å². The molecule has 0 fully saturated rings. The monoisotopic (exact) mass is 349 g/mol. The highest BCUT2D eigenvalue weighted by molar-refractivity contribution is 9.10. The van der Waals surface area contributed by atoms with Crippen LogP contribution in [-0.2, 0) is 19.4 Å². The van der Waals surface area contributed by atoms with Crippen molar-refractivity contribution in [2.75, 3.05) is 0 Å². The van der Waals surface area contributed by atoms with Crippen LogP contribution in [0.2, 0.25) is 0 Å². The summed E-state index contributed by atoms with van der Waals surface area (Å²) in [7, 11) is 0. The number of aromatic nitrogens is 2. The van der Waals surface area contributed by atoms with Crippen LogP contribution in [0.5, 0.6) is 0 Å². The molecule has 1 heterocycles. The molecule has 1 aromatic carbocycles. The maximum Gasteiger partial charge on any atom is 0.0738 e. The number of nitrogens with zero attached hydrogens (tertiary/aromatic N) is 2. The molecule has 2 N–H and O–H groups in total. The average molecular weight is 350 g/mol. The SMILES string of the molecule is CCn1nc(C)c(Br)c1CC(N)CCc1cccc(C)c1. The zero-order valence-corrected chi connectivity index (χ0v) is 14.7. The van der Waals surface area contributed by atoms with Crippen molar-refractivity contribution in [2.24, 2.45) is 5.73 Å². The molecule has 1 unspecified atom stereocenters. The molecular weight excluding hydrogens is 326 g/mol. The first-order chi connectivity index (χ1) is 10.0. The first-order valence-electron chi connectivity index (χ1n) is 7.54. The normalized spacial score (nSPS) is 12.6. The summed E-state index contributed by atoms with van der Waals surface area (Å²) >= 11 is 3.64. The van der Waals surface area contributed by atoms with E-state index in [4.69, 9.17) is 5.73 Å². The van der Waals surface area contributed by atoms with Crippen LogP contribution in [-0.4, -0.2) is 15.8 Å². The minimum absolute atomic E-state index is 0.156. The van der Waals surface area contributed by atoms with E-state index in [2.05, 4.69) is 59.1 Å². The predicted octanol–water partition coefficient (Wildman–Crippen LogP) is 3.78. The Labute approximate surface area is 135 Å². The van der Waals surface area contributed by atoms with Crippen molar-refractivity contribution in [2.45, 2.75) is 52.6 Å². The molecule has 0 aliphatic rings. The van der Waals surface area contributed by atoms with Gasteiger partial charge in [0.25, 0.3) is 0 Å². The molecule has 0 aliphatic heterocycles. The molecule has 1 atom stereocenters. The Hall–Kier alpha value is -1.13. The summed E-state index contributed by atoms with van der Waals surface area (Å²) in [5, 5.41) is 4.53. The first-order valence-corrected chi connectivity index (χ1v) is 8.33. The van der Waals surface area contributed by atoms with Gasteiger partial charge in [-0.25, -0.2) is 0 Å². The van der Waals surface area contributed by atoms with Crippen molar-refractivity contribution in [3.8, 4) is 0 Å². The summed E-state index contributed by atoms with van der Waals surface area (Å²) in [5.74, 6) is 0. The van der Waals surface area contributed by atoms with Crippen LogP contribution in [0.1, 0.15) is 35.9 Å². The van der Waals surface area contributed by atoms with Crippen molar-refractivity contribution < 1.29 is 0 Å². The van der Waals surface area contributed by atoms with E-state index in [1.165, 1.54) is 16.8 Å². The second kappa shape index (κ2) is 7.23. The highest BCUT2D eigenvalue weighted by atomic mass is 79.9. The maximum atomic E-state index is 6.33. The van der Waals surface area contributed by atoms with Gasteiger partial charge in [-0.1, -0.05) is 29.8 Å². The highest BCUT2D eigenvalue weighted by Gasteiger charge is 2.15. The highest BCUT2D eigenvalue weighted by Crippen LogP contribution is 2.22. The Morgan fingerprint density at radius 2 is 2.10 bits per heavy atom. The van der Waals surface area contributed by atoms with Crippen LogP contribution in [0.15, 0.2) is 28.7 Å². The second-order valence-electron chi connectivity index (χ2n) is 5.65. The second-order valence-corrected chi connectivity index (χ2v) is 6.45. The van der Waals surface area contributed by atoms with Gasteiger partial charge < -0.3 is 5.73 Å². The zero-order valence-electron chi connectivity index (χ0n) is 13.1. The summed E-state index contributed by atoms with van der Waals surface area (Å²) in [5.41, 5.74) is 11.3. The molecule has 1 aromatic heterocycles. The molecule has 0 radical (unpaired) electrons. The van der Waals surface area contributed by atoms with Crippen LogP contribution in [0, 0.1) is 13.8 Å². The quantitative estimate of drug-likeness (QED) is 0.862. The third kappa shape index (κ3) is 4.17. The lowest BCUT2D eigenvalue weighted by atomic mass is 10.0. The van der Waals surface area contributed by atoms with Crippen LogP contribution in [0.25, 0.3) is 0 Å². The van der Waals surface area contributed by atoms with E-state index in [1.54, 1.807) is 0 Å². The van der Waals surface area contributed by atoms with E-state index >= 15 is 0 Å². The number of halogens is 1. The first kappa shape index (κ1) is 16.2.